The first kappa shape index (κ1) is 13.9. The first-order chi connectivity index (χ1) is 9.46. The molecule has 1 unspecified atom stereocenters. The molecule has 1 spiro atoms. The predicted octanol–water partition coefficient (Wildman–Crippen LogP) is 1.89. The lowest BCUT2D eigenvalue weighted by molar-refractivity contribution is -0.291. The van der Waals surface area contributed by atoms with Gasteiger partial charge in [-0.3, -0.25) is 9.59 Å². The highest BCUT2D eigenvalue weighted by atomic mass is 16.7. The number of carbonyl (C=O) groups excluding carboxylic acids is 2. The molecule has 6 atom stereocenters. The second kappa shape index (κ2) is 4.72. The van der Waals surface area contributed by atoms with Crippen molar-refractivity contribution in [2.24, 2.45) is 23.7 Å². The van der Waals surface area contributed by atoms with Gasteiger partial charge in [0.2, 0.25) is 0 Å². The lowest BCUT2D eigenvalue weighted by Gasteiger charge is -2.54. The van der Waals surface area contributed by atoms with Gasteiger partial charge in [0.1, 0.15) is 5.60 Å². The highest BCUT2D eigenvalue weighted by Crippen LogP contribution is 2.56. The molecule has 0 bridgehead atoms. The van der Waals surface area contributed by atoms with Gasteiger partial charge in [-0.15, -0.1) is 0 Å². The zero-order valence-corrected chi connectivity index (χ0v) is 12.3. The molecule has 3 rings (SSSR count). The third-order valence-corrected chi connectivity index (χ3v) is 5.40. The summed E-state index contributed by atoms with van der Waals surface area (Å²) < 4.78 is 16.8. The molecule has 2 aliphatic heterocycles. The van der Waals surface area contributed by atoms with E-state index in [1.54, 1.807) is 0 Å². The van der Waals surface area contributed by atoms with Gasteiger partial charge in [-0.05, 0) is 25.2 Å². The van der Waals surface area contributed by atoms with Gasteiger partial charge >= 0.3 is 11.9 Å². The van der Waals surface area contributed by atoms with Gasteiger partial charge in [-0.2, -0.15) is 0 Å². The average molecular weight is 282 g/mol. The molecule has 3 aliphatic rings. The Morgan fingerprint density at radius 1 is 1.25 bits per heavy atom. The minimum atomic E-state index is -0.885. The first-order valence-electron chi connectivity index (χ1n) is 7.48. The minimum Gasteiger partial charge on any atom is -0.422 e. The lowest BCUT2D eigenvalue weighted by Crippen LogP contribution is -2.65. The smallest absolute Gasteiger partial charge is 0.312 e. The number of ether oxygens (including phenoxy) is 3. The molecular weight excluding hydrogens is 260 g/mol. The van der Waals surface area contributed by atoms with Crippen LogP contribution in [0.25, 0.3) is 0 Å². The number of hydrogen-bond acceptors (Lipinski definition) is 5. The monoisotopic (exact) mass is 282 g/mol. The van der Waals surface area contributed by atoms with Crippen molar-refractivity contribution in [3.63, 3.8) is 0 Å². The number of hydrogen-bond donors (Lipinski definition) is 0. The van der Waals surface area contributed by atoms with Crippen LogP contribution in [0.5, 0.6) is 0 Å². The van der Waals surface area contributed by atoms with E-state index in [-0.39, 0.29) is 17.8 Å². The van der Waals surface area contributed by atoms with Crippen LogP contribution in [0.3, 0.4) is 0 Å². The molecule has 5 nitrogen and oxygen atoms in total. The highest BCUT2D eigenvalue weighted by molar-refractivity contribution is 5.74. The molecule has 5 heteroatoms. The Labute approximate surface area is 118 Å². The maximum atomic E-state index is 12.0. The maximum Gasteiger partial charge on any atom is 0.312 e. The zero-order valence-electron chi connectivity index (χ0n) is 12.3. The molecule has 0 amide bonds. The SMILES string of the molecule is CC(=O)O[C@H]1OC(=O)C(C)[C@@H]2CC[C@@H](C)[C@@H]3CCO[C@@]123. The highest BCUT2D eigenvalue weighted by Gasteiger charge is 2.66. The van der Waals surface area contributed by atoms with Crippen LogP contribution >= 0.6 is 0 Å². The summed E-state index contributed by atoms with van der Waals surface area (Å²) in [6.07, 6.45) is 2.07. The van der Waals surface area contributed by atoms with Crippen LogP contribution in [0.4, 0.5) is 0 Å². The molecule has 0 aromatic heterocycles. The fourth-order valence-electron chi connectivity index (χ4n) is 4.47. The van der Waals surface area contributed by atoms with Crippen molar-refractivity contribution in [3.8, 4) is 0 Å². The van der Waals surface area contributed by atoms with E-state index in [4.69, 9.17) is 14.2 Å². The van der Waals surface area contributed by atoms with Crippen molar-refractivity contribution in [1.29, 1.82) is 0 Å². The van der Waals surface area contributed by atoms with Gasteiger partial charge in [-0.25, -0.2) is 0 Å². The van der Waals surface area contributed by atoms with Crippen LogP contribution in [-0.2, 0) is 23.8 Å². The van der Waals surface area contributed by atoms with Gasteiger partial charge in [-0.1, -0.05) is 13.8 Å². The van der Waals surface area contributed by atoms with Gasteiger partial charge in [0.05, 0.1) is 5.92 Å². The van der Waals surface area contributed by atoms with Crippen molar-refractivity contribution in [2.45, 2.75) is 51.9 Å². The molecule has 0 N–H and O–H groups in total. The third kappa shape index (κ3) is 1.79. The quantitative estimate of drug-likeness (QED) is 0.687. The normalized spacial score (nSPS) is 47.1. The van der Waals surface area contributed by atoms with E-state index in [0.29, 0.717) is 18.4 Å². The summed E-state index contributed by atoms with van der Waals surface area (Å²) in [7, 11) is 0. The number of cyclic esters (lactones) is 1. The van der Waals surface area contributed by atoms with E-state index in [9.17, 15) is 9.59 Å². The van der Waals surface area contributed by atoms with Crippen molar-refractivity contribution in [3.05, 3.63) is 0 Å². The largest absolute Gasteiger partial charge is 0.422 e. The molecular formula is C15H22O5. The second-order valence-corrected chi connectivity index (χ2v) is 6.43. The molecule has 0 aromatic carbocycles. The molecule has 3 fully saturated rings. The second-order valence-electron chi connectivity index (χ2n) is 6.43. The van der Waals surface area contributed by atoms with Crippen molar-refractivity contribution in [1.82, 2.24) is 0 Å². The van der Waals surface area contributed by atoms with Gasteiger partial charge in [0.15, 0.2) is 0 Å². The fraction of sp³-hybridized carbons (Fsp3) is 0.867. The summed E-state index contributed by atoms with van der Waals surface area (Å²) in [6.45, 7) is 6.10. The Hall–Kier alpha value is -1.10. The Morgan fingerprint density at radius 2 is 2.00 bits per heavy atom. The summed E-state index contributed by atoms with van der Waals surface area (Å²) in [6, 6.07) is 0. The van der Waals surface area contributed by atoms with Crippen LogP contribution in [0, 0.1) is 23.7 Å². The summed E-state index contributed by atoms with van der Waals surface area (Å²) in [5.41, 5.74) is -0.628. The van der Waals surface area contributed by atoms with Crippen molar-refractivity contribution in [2.75, 3.05) is 6.61 Å². The molecule has 112 valence electrons. The van der Waals surface area contributed by atoms with Gasteiger partial charge in [0, 0.05) is 25.4 Å². The number of esters is 2. The topological polar surface area (TPSA) is 61.8 Å². The van der Waals surface area contributed by atoms with Gasteiger partial charge in [0.25, 0.3) is 6.29 Å². The van der Waals surface area contributed by atoms with Crippen molar-refractivity contribution < 1.29 is 23.8 Å². The van der Waals surface area contributed by atoms with E-state index in [1.807, 2.05) is 6.92 Å². The van der Waals surface area contributed by atoms with Crippen LogP contribution in [0.15, 0.2) is 0 Å². The number of rotatable bonds is 1. The summed E-state index contributed by atoms with van der Waals surface area (Å²) in [5.74, 6) is -0.0442. The van der Waals surface area contributed by atoms with E-state index < -0.39 is 17.9 Å². The van der Waals surface area contributed by atoms with E-state index in [2.05, 4.69) is 6.92 Å². The molecule has 1 saturated carbocycles. The van der Waals surface area contributed by atoms with E-state index >= 15 is 0 Å². The molecule has 2 heterocycles. The molecule has 20 heavy (non-hydrogen) atoms. The first-order valence-corrected chi connectivity index (χ1v) is 7.48. The van der Waals surface area contributed by atoms with E-state index in [0.717, 1.165) is 19.3 Å². The average Bonchev–Trinajstić information content (AvgIpc) is 2.82. The summed E-state index contributed by atoms with van der Waals surface area (Å²) >= 11 is 0. The molecule has 0 aromatic rings. The Balaban J connectivity index is 2.01. The van der Waals surface area contributed by atoms with Crippen LogP contribution in [-0.4, -0.2) is 30.4 Å². The number of carbonyl (C=O) groups is 2. The predicted molar refractivity (Wildman–Crippen MR) is 69.5 cm³/mol. The van der Waals surface area contributed by atoms with Crippen LogP contribution in [0.1, 0.15) is 40.0 Å². The molecule has 2 saturated heterocycles. The van der Waals surface area contributed by atoms with Crippen molar-refractivity contribution >= 4 is 11.9 Å². The Kier molecular flexibility index (Phi) is 3.27. The molecule has 1 aliphatic carbocycles. The van der Waals surface area contributed by atoms with Crippen LogP contribution in [0.2, 0.25) is 0 Å². The third-order valence-electron chi connectivity index (χ3n) is 5.40. The molecule has 0 radical (unpaired) electrons. The van der Waals surface area contributed by atoms with Gasteiger partial charge < -0.3 is 14.2 Å². The summed E-state index contributed by atoms with van der Waals surface area (Å²) in [5, 5.41) is 0. The fourth-order valence-corrected chi connectivity index (χ4v) is 4.47. The minimum absolute atomic E-state index is 0.0804. The maximum absolute atomic E-state index is 12.0. The lowest BCUT2D eigenvalue weighted by atomic mass is 9.59. The Bertz CT molecular complexity index is 434. The Morgan fingerprint density at radius 3 is 2.70 bits per heavy atom. The van der Waals surface area contributed by atoms with E-state index in [1.165, 1.54) is 6.92 Å². The summed E-state index contributed by atoms with van der Waals surface area (Å²) in [4.78, 5) is 23.4. The zero-order chi connectivity index (χ0) is 14.5. The standard InChI is InChI=1S/C15H22O5/c1-8-4-5-12-9(2)13(17)20-14(19-10(3)16)15(12)11(8)6-7-18-15/h8-9,11-12,14H,4-7H2,1-3H3/t8-,9?,11+,12+,14+,15-/m1/s1. The van der Waals surface area contributed by atoms with Crippen LogP contribution < -0.4 is 0 Å².